The Balaban J connectivity index is 1.36. The zero-order valence-electron chi connectivity index (χ0n) is 18.9. The van der Waals surface area contributed by atoms with Gasteiger partial charge in [-0.3, -0.25) is 14.6 Å². The number of carbonyl (C=O) groups excluding carboxylic acids is 1. The van der Waals surface area contributed by atoms with Gasteiger partial charge in [-0.15, -0.1) is 0 Å². The molecule has 4 rings (SSSR count). The van der Waals surface area contributed by atoms with E-state index in [0.717, 1.165) is 37.7 Å². The maximum Gasteiger partial charge on any atom is 0.377 e. The summed E-state index contributed by atoms with van der Waals surface area (Å²) in [5.41, 5.74) is 3.24. The minimum absolute atomic E-state index is 0.174. The zero-order chi connectivity index (χ0) is 23.9. The number of para-hydroxylation sites is 1. The Bertz CT molecular complexity index is 1110. The first-order valence-corrected chi connectivity index (χ1v) is 11.8. The SMILES string of the molecule is O=C(O)C(=O)c1ccccc1NCCN1CCN(C(c2ccccc2)c2ccc(Cl)cc2)CC1. The van der Waals surface area contributed by atoms with Crippen LogP contribution in [0, 0.1) is 0 Å². The van der Waals surface area contributed by atoms with Crippen LogP contribution in [0.1, 0.15) is 27.5 Å². The number of benzene rings is 3. The molecule has 0 radical (unpaired) electrons. The van der Waals surface area contributed by atoms with Crippen molar-refractivity contribution in [2.24, 2.45) is 0 Å². The molecule has 1 fully saturated rings. The molecule has 0 bridgehead atoms. The van der Waals surface area contributed by atoms with Gasteiger partial charge in [0.2, 0.25) is 0 Å². The molecule has 0 aliphatic carbocycles. The number of nitrogens with one attached hydrogen (secondary N) is 1. The minimum Gasteiger partial charge on any atom is -0.475 e. The Morgan fingerprint density at radius 1 is 0.853 bits per heavy atom. The number of Topliss-reactive ketones (excluding diaryl/α,β-unsaturated/α-hetero) is 1. The fourth-order valence-electron chi connectivity index (χ4n) is 4.44. The molecule has 3 aromatic rings. The number of hydrogen-bond acceptors (Lipinski definition) is 5. The number of aliphatic carboxylic acids is 1. The first kappa shape index (κ1) is 24.0. The van der Waals surface area contributed by atoms with Gasteiger partial charge in [0.25, 0.3) is 5.78 Å². The molecule has 1 aliphatic heterocycles. The molecule has 176 valence electrons. The summed E-state index contributed by atoms with van der Waals surface area (Å²) in [6.45, 7) is 5.14. The third-order valence-electron chi connectivity index (χ3n) is 6.18. The molecule has 6 nitrogen and oxygen atoms in total. The van der Waals surface area contributed by atoms with Gasteiger partial charge in [0.1, 0.15) is 0 Å². The Morgan fingerprint density at radius 3 is 2.15 bits per heavy atom. The van der Waals surface area contributed by atoms with Gasteiger partial charge in [-0.1, -0.05) is 66.2 Å². The van der Waals surface area contributed by atoms with Gasteiger partial charge in [-0.2, -0.15) is 0 Å². The molecule has 2 N–H and O–H groups in total. The van der Waals surface area contributed by atoms with Gasteiger partial charge in [0, 0.05) is 50.0 Å². The molecule has 34 heavy (non-hydrogen) atoms. The standard InChI is InChI=1S/C27H28ClN3O3/c28-22-12-10-21(11-13-22)25(20-6-2-1-3-7-20)31-18-16-30(17-19-31)15-14-29-24-9-5-4-8-23(24)26(32)27(33)34/h1-13,25,29H,14-19H2,(H,33,34). The number of carbonyl (C=O) groups is 2. The first-order chi connectivity index (χ1) is 16.5. The summed E-state index contributed by atoms with van der Waals surface area (Å²) in [5, 5.41) is 13.0. The molecule has 1 heterocycles. The molecule has 3 aromatic carbocycles. The van der Waals surface area contributed by atoms with E-state index >= 15 is 0 Å². The third-order valence-corrected chi connectivity index (χ3v) is 6.43. The van der Waals surface area contributed by atoms with Gasteiger partial charge < -0.3 is 10.4 Å². The Kier molecular flexibility index (Phi) is 7.95. The summed E-state index contributed by atoms with van der Waals surface area (Å²) in [5.74, 6) is -2.34. The summed E-state index contributed by atoms with van der Waals surface area (Å²) in [6, 6.07) is 25.6. The van der Waals surface area contributed by atoms with Crippen molar-refractivity contribution in [3.05, 3.63) is 101 Å². The van der Waals surface area contributed by atoms with Crippen LogP contribution in [0.4, 0.5) is 5.69 Å². The number of carboxylic acids is 1. The number of hydrogen-bond donors (Lipinski definition) is 2. The Morgan fingerprint density at radius 2 is 1.47 bits per heavy atom. The maximum atomic E-state index is 11.9. The molecule has 1 unspecified atom stereocenters. The number of ketones is 1. The number of carboxylic acid groups (broad SMARTS) is 1. The zero-order valence-corrected chi connectivity index (χ0v) is 19.6. The topological polar surface area (TPSA) is 72.9 Å². The predicted molar refractivity (Wildman–Crippen MR) is 135 cm³/mol. The van der Waals surface area contributed by atoms with Gasteiger partial charge >= 0.3 is 5.97 Å². The second-order valence-corrected chi connectivity index (χ2v) is 8.79. The van der Waals surface area contributed by atoms with E-state index in [0.29, 0.717) is 12.2 Å². The lowest BCUT2D eigenvalue weighted by atomic mass is 9.96. The van der Waals surface area contributed by atoms with Crippen LogP contribution in [-0.2, 0) is 4.79 Å². The van der Waals surface area contributed by atoms with Crippen LogP contribution in [0.3, 0.4) is 0 Å². The van der Waals surface area contributed by atoms with E-state index in [-0.39, 0.29) is 11.6 Å². The van der Waals surface area contributed by atoms with Crippen LogP contribution in [0.25, 0.3) is 0 Å². The van der Waals surface area contributed by atoms with Crippen molar-refractivity contribution in [3.8, 4) is 0 Å². The highest BCUT2D eigenvalue weighted by Crippen LogP contribution is 2.30. The van der Waals surface area contributed by atoms with Gasteiger partial charge in [0.15, 0.2) is 0 Å². The maximum absolute atomic E-state index is 11.9. The van der Waals surface area contributed by atoms with Crippen molar-refractivity contribution in [3.63, 3.8) is 0 Å². The normalized spacial score (nSPS) is 15.6. The van der Waals surface area contributed by atoms with E-state index in [4.69, 9.17) is 16.7 Å². The van der Waals surface area contributed by atoms with Crippen LogP contribution in [0.15, 0.2) is 78.9 Å². The lowest BCUT2D eigenvalue weighted by molar-refractivity contribution is -0.131. The molecule has 7 heteroatoms. The van der Waals surface area contributed by atoms with E-state index in [1.807, 2.05) is 18.2 Å². The van der Waals surface area contributed by atoms with E-state index < -0.39 is 11.8 Å². The average Bonchev–Trinajstić information content (AvgIpc) is 2.87. The largest absolute Gasteiger partial charge is 0.475 e. The van der Waals surface area contributed by atoms with Gasteiger partial charge in [-0.25, -0.2) is 4.79 Å². The van der Waals surface area contributed by atoms with E-state index in [2.05, 4.69) is 51.5 Å². The fraction of sp³-hybridized carbons (Fsp3) is 0.259. The molecule has 0 aromatic heterocycles. The quantitative estimate of drug-likeness (QED) is 0.351. The number of halogens is 1. The summed E-state index contributed by atoms with van der Waals surface area (Å²) in [6.07, 6.45) is 0. The molecule has 1 aliphatic rings. The van der Waals surface area contributed by atoms with Crippen molar-refractivity contribution in [2.45, 2.75) is 6.04 Å². The second kappa shape index (κ2) is 11.3. The molecular formula is C27H28ClN3O3. The highest BCUT2D eigenvalue weighted by Gasteiger charge is 2.26. The summed E-state index contributed by atoms with van der Waals surface area (Å²) in [7, 11) is 0. The second-order valence-electron chi connectivity index (χ2n) is 8.35. The van der Waals surface area contributed by atoms with Crippen molar-refractivity contribution in [2.75, 3.05) is 44.6 Å². The number of anilines is 1. The smallest absolute Gasteiger partial charge is 0.377 e. The molecule has 0 spiro atoms. The third kappa shape index (κ3) is 5.83. The number of piperazine rings is 1. The molecule has 1 saturated heterocycles. The van der Waals surface area contributed by atoms with Crippen LogP contribution in [-0.4, -0.2) is 65.9 Å². The monoisotopic (exact) mass is 477 g/mol. The Labute approximate surface area is 204 Å². The average molecular weight is 478 g/mol. The Hall–Kier alpha value is -3.19. The summed E-state index contributed by atoms with van der Waals surface area (Å²) >= 11 is 6.13. The highest BCUT2D eigenvalue weighted by molar-refractivity contribution is 6.41. The lowest BCUT2D eigenvalue weighted by Crippen LogP contribution is -2.48. The predicted octanol–water partition coefficient (Wildman–Crippen LogP) is 4.43. The van der Waals surface area contributed by atoms with E-state index in [1.165, 1.54) is 17.2 Å². The lowest BCUT2D eigenvalue weighted by Gasteiger charge is -2.40. The van der Waals surface area contributed by atoms with Gasteiger partial charge in [-0.05, 0) is 35.4 Å². The molecule has 0 saturated carbocycles. The van der Waals surface area contributed by atoms with E-state index in [9.17, 15) is 9.59 Å². The van der Waals surface area contributed by atoms with Crippen molar-refractivity contribution < 1.29 is 14.7 Å². The van der Waals surface area contributed by atoms with Crippen LogP contribution in [0.5, 0.6) is 0 Å². The van der Waals surface area contributed by atoms with Crippen molar-refractivity contribution >= 4 is 29.0 Å². The summed E-state index contributed by atoms with van der Waals surface area (Å²) < 4.78 is 0. The summed E-state index contributed by atoms with van der Waals surface area (Å²) in [4.78, 5) is 27.9. The van der Waals surface area contributed by atoms with E-state index in [1.54, 1.807) is 18.2 Å². The number of rotatable bonds is 9. The molecular weight excluding hydrogens is 450 g/mol. The van der Waals surface area contributed by atoms with Crippen molar-refractivity contribution in [1.29, 1.82) is 0 Å². The first-order valence-electron chi connectivity index (χ1n) is 11.4. The van der Waals surface area contributed by atoms with Gasteiger partial charge in [0.05, 0.1) is 11.6 Å². The van der Waals surface area contributed by atoms with Crippen LogP contribution < -0.4 is 5.32 Å². The molecule has 0 amide bonds. The number of nitrogens with zero attached hydrogens (tertiary/aromatic N) is 2. The fourth-order valence-corrected chi connectivity index (χ4v) is 4.56. The minimum atomic E-state index is -1.45. The highest BCUT2D eigenvalue weighted by atomic mass is 35.5. The van der Waals surface area contributed by atoms with Crippen molar-refractivity contribution in [1.82, 2.24) is 9.80 Å². The van der Waals surface area contributed by atoms with Crippen LogP contribution >= 0.6 is 11.6 Å². The van der Waals surface area contributed by atoms with Crippen LogP contribution in [0.2, 0.25) is 5.02 Å². The molecule has 1 atom stereocenters.